The maximum absolute atomic E-state index is 11.1. The molecule has 0 heterocycles. The first-order valence-electron chi connectivity index (χ1n) is 6.41. The Labute approximate surface area is 110 Å². The molecule has 0 atom stereocenters. The second-order valence-corrected chi connectivity index (χ2v) is 2.79. The first-order valence-corrected chi connectivity index (χ1v) is 6.41. The smallest absolute Gasteiger partial charge is 0.310 e. The third kappa shape index (κ3) is 8.35. The molecule has 1 aromatic rings. The number of hydrogen-bond acceptors (Lipinski definition) is 3. The number of hydrogen-bond donors (Lipinski definition) is 0. The number of esters is 1. The number of nitriles is 1. The minimum absolute atomic E-state index is 0.239. The average molecular weight is 249 g/mol. The van der Waals surface area contributed by atoms with Gasteiger partial charge in [-0.15, -0.1) is 0 Å². The highest BCUT2D eigenvalue weighted by molar-refractivity contribution is 5.72. The van der Waals surface area contributed by atoms with E-state index in [4.69, 9.17) is 10.00 Å². The van der Waals surface area contributed by atoms with E-state index in [-0.39, 0.29) is 12.4 Å². The molecule has 0 N–H and O–H groups in total. The monoisotopic (exact) mass is 249 g/mol. The molecule has 0 bridgehead atoms. The van der Waals surface area contributed by atoms with Crippen LogP contribution >= 0.6 is 0 Å². The highest BCUT2D eigenvalue weighted by Gasteiger charge is 2.02. The Balaban J connectivity index is 0. The maximum Gasteiger partial charge on any atom is 0.310 e. The Hall–Kier alpha value is -1.82. The number of benzene rings is 1. The van der Waals surface area contributed by atoms with Crippen LogP contribution in [0.15, 0.2) is 24.3 Å². The lowest BCUT2D eigenvalue weighted by Crippen LogP contribution is -2.07. The summed E-state index contributed by atoms with van der Waals surface area (Å²) in [6, 6.07) is 8.91. The molecule has 3 heteroatoms. The van der Waals surface area contributed by atoms with E-state index >= 15 is 0 Å². The van der Waals surface area contributed by atoms with E-state index in [9.17, 15) is 4.79 Å². The van der Waals surface area contributed by atoms with Crippen molar-refractivity contribution >= 4 is 5.97 Å². The molecular formula is C15H23NO2. The molecular weight excluding hydrogens is 226 g/mol. The minimum atomic E-state index is -0.239. The van der Waals surface area contributed by atoms with Crippen LogP contribution in [0.3, 0.4) is 0 Å². The van der Waals surface area contributed by atoms with Crippen LogP contribution in [0.5, 0.6) is 0 Å². The lowest BCUT2D eigenvalue weighted by Gasteiger charge is -2.01. The fourth-order valence-electron chi connectivity index (χ4n) is 1.08. The van der Waals surface area contributed by atoms with Crippen LogP contribution in [0.4, 0.5) is 0 Å². The van der Waals surface area contributed by atoms with Gasteiger partial charge in [-0.1, -0.05) is 39.8 Å². The van der Waals surface area contributed by atoms with Crippen molar-refractivity contribution in [3.8, 4) is 6.07 Å². The molecule has 1 aromatic carbocycles. The largest absolute Gasteiger partial charge is 0.466 e. The number of carbonyl (C=O) groups is 1. The van der Waals surface area contributed by atoms with Crippen molar-refractivity contribution in [1.82, 2.24) is 0 Å². The summed E-state index contributed by atoms with van der Waals surface area (Å²) in [5, 5.41) is 8.55. The molecule has 18 heavy (non-hydrogen) atoms. The summed E-state index contributed by atoms with van der Waals surface area (Å²) in [5.41, 5.74) is 1.46. The average Bonchev–Trinajstić information content (AvgIpc) is 2.44. The normalized spacial score (nSPS) is 7.78. The van der Waals surface area contributed by atoms with Gasteiger partial charge in [0.1, 0.15) is 0 Å². The zero-order chi connectivity index (χ0) is 14.4. The van der Waals surface area contributed by atoms with Crippen LogP contribution in [0.25, 0.3) is 0 Å². The fraction of sp³-hybridized carbons (Fsp3) is 0.467. The quantitative estimate of drug-likeness (QED) is 0.767. The summed E-state index contributed by atoms with van der Waals surface area (Å²) in [6.07, 6.45) is 0.263. The van der Waals surface area contributed by atoms with Crippen molar-refractivity contribution in [2.75, 3.05) is 6.61 Å². The van der Waals surface area contributed by atoms with Gasteiger partial charge in [0, 0.05) is 0 Å². The van der Waals surface area contributed by atoms with Crippen molar-refractivity contribution in [3.05, 3.63) is 35.4 Å². The van der Waals surface area contributed by atoms with Crippen LogP contribution in [0, 0.1) is 11.3 Å². The van der Waals surface area contributed by atoms with Crippen LogP contribution < -0.4 is 0 Å². The lowest BCUT2D eigenvalue weighted by atomic mass is 10.1. The van der Waals surface area contributed by atoms with Crippen molar-refractivity contribution in [2.24, 2.45) is 0 Å². The van der Waals surface area contributed by atoms with Gasteiger partial charge in [0.2, 0.25) is 0 Å². The SMILES string of the molecule is CC.CC.CCOC(=O)Cc1ccc(C#N)cc1. The molecule has 0 saturated heterocycles. The van der Waals surface area contributed by atoms with Gasteiger partial charge in [-0.3, -0.25) is 4.79 Å². The predicted molar refractivity (Wildman–Crippen MR) is 74.2 cm³/mol. The zero-order valence-corrected chi connectivity index (χ0v) is 12.0. The van der Waals surface area contributed by atoms with Gasteiger partial charge in [-0.25, -0.2) is 0 Å². The Kier molecular flexibility index (Phi) is 13.6. The third-order valence-electron chi connectivity index (χ3n) is 1.74. The minimum Gasteiger partial charge on any atom is -0.466 e. The molecule has 0 aliphatic rings. The van der Waals surface area contributed by atoms with Crippen LogP contribution in [0.1, 0.15) is 45.7 Å². The first-order chi connectivity index (χ1) is 8.76. The summed E-state index contributed by atoms with van der Waals surface area (Å²) in [6.45, 7) is 10.2. The molecule has 0 radical (unpaired) electrons. The first kappa shape index (κ1) is 18.5. The van der Waals surface area contributed by atoms with Gasteiger partial charge in [0.05, 0.1) is 24.7 Å². The number of carbonyl (C=O) groups excluding carboxylic acids is 1. The second kappa shape index (κ2) is 13.2. The molecule has 0 amide bonds. The zero-order valence-electron chi connectivity index (χ0n) is 12.0. The van der Waals surface area contributed by atoms with Gasteiger partial charge in [-0.2, -0.15) is 5.26 Å². The van der Waals surface area contributed by atoms with E-state index in [0.29, 0.717) is 12.2 Å². The molecule has 100 valence electrons. The van der Waals surface area contributed by atoms with Crippen molar-refractivity contribution < 1.29 is 9.53 Å². The van der Waals surface area contributed by atoms with Gasteiger partial charge < -0.3 is 4.74 Å². The van der Waals surface area contributed by atoms with Gasteiger partial charge in [0.25, 0.3) is 0 Å². The van der Waals surface area contributed by atoms with E-state index < -0.39 is 0 Å². The molecule has 0 spiro atoms. The molecule has 0 aliphatic heterocycles. The van der Waals surface area contributed by atoms with E-state index in [1.165, 1.54) is 0 Å². The summed E-state index contributed by atoms with van der Waals surface area (Å²) in [5.74, 6) is -0.239. The number of ether oxygens (including phenoxy) is 1. The molecule has 0 saturated carbocycles. The molecule has 0 fully saturated rings. The van der Waals surface area contributed by atoms with Crippen LogP contribution in [0.2, 0.25) is 0 Å². The molecule has 0 aliphatic carbocycles. The Morgan fingerprint density at radius 1 is 1.17 bits per heavy atom. The van der Waals surface area contributed by atoms with Crippen molar-refractivity contribution in [1.29, 1.82) is 5.26 Å². The summed E-state index contributed by atoms with van der Waals surface area (Å²) < 4.78 is 4.80. The number of nitrogens with zero attached hydrogens (tertiary/aromatic N) is 1. The highest BCUT2D eigenvalue weighted by Crippen LogP contribution is 2.04. The van der Waals surface area contributed by atoms with Crippen molar-refractivity contribution in [2.45, 2.75) is 41.0 Å². The van der Waals surface area contributed by atoms with Crippen molar-refractivity contribution in [3.63, 3.8) is 0 Å². The number of rotatable bonds is 3. The standard InChI is InChI=1S/C11H11NO2.2C2H6/c1-2-14-11(13)7-9-3-5-10(8-12)6-4-9;2*1-2/h3-6H,2,7H2,1H3;2*1-2H3. The topological polar surface area (TPSA) is 50.1 Å². The summed E-state index contributed by atoms with van der Waals surface area (Å²) in [4.78, 5) is 11.1. The Morgan fingerprint density at radius 3 is 2.06 bits per heavy atom. The fourth-order valence-corrected chi connectivity index (χ4v) is 1.08. The van der Waals surface area contributed by atoms with E-state index in [1.54, 1.807) is 31.2 Å². The molecule has 0 unspecified atom stereocenters. The van der Waals surface area contributed by atoms with E-state index in [1.807, 2.05) is 33.8 Å². The van der Waals surface area contributed by atoms with Gasteiger partial charge in [-0.05, 0) is 24.6 Å². The third-order valence-corrected chi connectivity index (χ3v) is 1.74. The summed E-state index contributed by atoms with van der Waals surface area (Å²) >= 11 is 0. The van der Waals surface area contributed by atoms with Crippen LogP contribution in [-0.4, -0.2) is 12.6 Å². The maximum atomic E-state index is 11.1. The second-order valence-electron chi connectivity index (χ2n) is 2.79. The molecule has 3 nitrogen and oxygen atoms in total. The van der Waals surface area contributed by atoms with Gasteiger partial charge in [0.15, 0.2) is 0 Å². The Morgan fingerprint density at radius 2 is 1.67 bits per heavy atom. The van der Waals surface area contributed by atoms with Gasteiger partial charge >= 0.3 is 5.97 Å². The van der Waals surface area contributed by atoms with E-state index in [0.717, 1.165) is 5.56 Å². The van der Waals surface area contributed by atoms with Crippen LogP contribution in [-0.2, 0) is 16.0 Å². The molecule has 0 aromatic heterocycles. The lowest BCUT2D eigenvalue weighted by molar-refractivity contribution is -0.142. The highest BCUT2D eigenvalue weighted by atomic mass is 16.5. The Bertz CT molecular complexity index is 350. The molecule has 1 rings (SSSR count). The van der Waals surface area contributed by atoms with E-state index in [2.05, 4.69) is 0 Å². The predicted octanol–water partition coefficient (Wildman–Crippen LogP) is 3.72. The summed E-state index contributed by atoms with van der Waals surface area (Å²) in [7, 11) is 0.